The van der Waals surface area contributed by atoms with Crippen molar-refractivity contribution in [3.8, 4) is 9.88 Å². The van der Waals surface area contributed by atoms with Crippen molar-refractivity contribution >= 4 is 34.6 Å². The second-order valence-corrected chi connectivity index (χ2v) is 7.12. The number of rotatable bonds is 5. The highest BCUT2D eigenvalue weighted by Gasteiger charge is 2.37. The summed E-state index contributed by atoms with van der Waals surface area (Å²) in [5.41, 5.74) is 0.366. The maximum absolute atomic E-state index is 12.7. The van der Waals surface area contributed by atoms with Crippen LogP contribution in [0.15, 0.2) is 22.9 Å². The van der Waals surface area contributed by atoms with Gasteiger partial charge < -0.3 is 14.7 Å². The SMILES string of the molecule is COC1CC(CC(=O)O)N(C(=O)c2csc(-c3cccs3)n2)C1. The molecule has 0 aliphatic carbocycles. The Balaban J connectivity index is 1.79. The van der Waals surface area contributed by atoms with Crippen LogP contribution in [0.5, 0.6) is 0 Å². The van der Waals surface area contributed by atoms with E-state index in [4.69, 9.17) is 9.84 Å². The molecule has 0 radical (unpaired) electrons. The molecule has 2 atom stereocenters. The van der Waals surface area contributed by atoms with Crippen LogP contribution in [0, 0.1) is 0 Å². The zero-order valence-electron chi connectivity index (χ0n) is 12.5. The van der Waals surface area contributed by atoms with Gasteiger partial charge in [0, 0.05) is 25.1 Å². The number of likely N-dealkylation sites (tertiary alicyclic amines) is 1. The van der Waals surface area contributed by atoms with E-state index in [9.17, 15) is 9.59 Å². The minimum atomic E-state index is -0.915. The van der Waals surface area contributed by atoms with Crippen LogP contribution in [0.2, 0.25) is 0 Å². The van der Waals surface area contributed by atoms with Crippen molar-refractivity contribution in [2.24, 2.45) is 0 Å². The highest BCUT2D eigenvalue weighted by molar-refractivity contribution is 7.20. The van der Waals surface area contributed by atoms with Gasteiger partial charge in [-0.3, -0.25) is 9.59 Å². The van der Waals surface area contributed by atoms with Crippen molar-refractivity contribution in [3.63, 3.8) is 0 Å². The fourth-order valence-electron chi connectivity index (χ4n) is 2.72. The number of aromatic nitrogens is 1. The van der Waals surface area contributed by atoms with Crippen molar-refractivity contribution in [3.05, 3.63) is 28.6 Å². The zero-order chi connectivity index (χ0) is 16.4. The fourth-order valence-corrected chi connectivity index (χ4v) is 4.33. The lowest BCUT2D eigenvalue weighted by Gasteiger charge is -2.22. The minimum Gasteiger partial charge on any atom is -0.481 e. The van der Waals surface area contributed by atoms with Crippen LogP contribution in [0.3, 0.4) is 0 Å². The molecule has 122 valence electrons. The molecule has 0 bridgehead atoms. The van der Waals surface area contributed by atoms with Gasteiger partial charge in [-0.2, -0.15) is 0 Å². The van der Waals surface area contributed by atoms with E-state index in [0.717, 1.165) is 9.88 Å². The Labute approximate surface area is 141 Å². The minimum absolute atomic E-state index is 0.0759. The van der Waals surface area contributed by atoms with Gasteiger partial charge in [0.15, 0.2) is 0 Å². The number of thiophene rings is 1. The molecule has 1 aliphatic rings. The average molecular weight is 352 g/mol. The molecule has 1 saturated heterocycles. The lowest BCUT2D eigenvalue weighted by atomic mass is 10.1. The lowest BCUT2D eigenvalue weighted by molar-refractivity contribution is -0.138. The van der Waals surface area contributed by atoms with Crippen LogP contribution in [0.1, 0.15) is 23.3 Å². The normalized spacial score (nSPS) is 20.8. The molecule has 0 saturated carbocycles. The number of aliphatic carboxylic acids is 1. The summed E-state index contributed by atoms with van der Waals surface area (Å²) < 4.78 is 5.30. The average Bonchev–Trinajstić information content (AvgIpc) is 3.25. The maximum atomic E-state index is 12.7. The monoisotopic (exact) mass is 352 g/mol. The highest BCUT2D eigenvalue weighted by Crippen LogP contribution is 2.30. The number of carbonyl (C=O) groups is 2. The Morgan fingerprint density at radius 2 is 2.30 bits per heavy atom. The molecule has 2 aromatic heterocycles. The van der Waals surface area contributed by atoms with Gasteiger partial charge in [0.1, 0.15) is 10.7 Å². The fraction of sp³-hybridized carbons (Fsp3) is 0.400. The number of hydrogen-bond acceptors (Lipinski definition) is 6. The Morgan fingerprint density at radius 3 is 2.96 bits per heavy atom. The Morgan fingerprint density at radius 1 is 1.48 bits per heavy atom. The van der Waals surface area contributed by atoms with Gasteiger partial charge in [-0.05, 0) is 17.9 Å². The van der Waals surface area contributed by atoms with E-state index in [1.54, 1.807) is 28.7 Å². The highest BCUT2D eigenvalue weighted by atomic mass is 32.1. The number of hydrogen-bond donors (Lipinski definition) is 1. The summed E-state index contributed by atoms with van der Waals surface area (Å²) in [6.07, 6.45) is 0.336. The number of amides is 1. The third-order valence-corrected chi connectivity index (χ3v) is 5.72. The number of methoxy groups -OCH3 is 1. The predicted octanol–water partition coefficient (Wildman–Crippen LogP) is 2.58. The standard InChI is InChI=1S/C15H16N2O4S2/c1-21-10-5-9(6-13(18)19)17(7-10)15(20)11-8-23-14(16-11)12-3-2-4-22-12/h2-4,8-10H,5-7H2,1H3,(H,18,19). The van der Waals surface area contributed by atoms with Crippen LogP contribution >= 0.6 is 22.7 Å². The lowest BCUT2D eigenvalue weighted by Crippen LogP contribution is -2.37. The Bertz CT molecular complexity index is 698. The predicted molar refractivity (Wildman–Crippen MR) is 87.9 cm³/mol. The molecule has 0 spiro atoms. The number of carboxylic acids is 1. The molecule has 3 heterocycles. The Hall–Kier alpha value is -1.77. The zero-order valence-corrected chi connectivity index (χ0v) is 14.1. The van der Waals surface area contributed by atoms with Crippen LogP contribution in [0.4, 0.5) is 0 Å². The smallest absolute Gasteiger partial charge is 0.305 e. The van der Waals surface area contributed by atoms with Crippen molar-refractivity contribution in [1.29, 1.82) is 0 Å². The third-order valence-electron chi connectivity index (χ3n) is 3.84. The van der Waals surface area contributed by atoms with Crippen LogP contribution < -0.4 is 0 Å². The van der Waals surface area contributed by atoms with Crippen LogP contribution in [0.25, 0.3) is 9.88 Å². The first-order chi connectivity index (χ1) is 11.1. The van der Waals surface area contributed by atoms with Gasteiger partial charge in [-0.15, -0.1) is 22.7 Å². The summed E-state index contributed by atoms with van der Waals surface area (Å²) in [5.74, 6) is -1.14. The van der Waals surface area contributed by atoms with Crippen molar-refractivity contribution in [1.82, 2.24) is 9.88 Å². The van der Waals surface area contributed by atoms with Gasteiger partial charge in [-0.1, -0.05) is 6.07 Å². The van der Waals surface area contributed by atoms with E-state index in [-0.39, 0.29) is 24.5 Å². The summed E-state index contributed by atoms with van der Waals surface area (Å²) in [6.45, 7) is 0.402. The van der Waals surface area contributed by atoms with Crippen LogP contribution in [-0.2, 0) is 9.53 Å². The summed E-state index contributed by atoms with van der Waals surface area (Å²) in [6, 6.07) is 3.55. The largest absolute Gasteiger partial charge is 0.481 e. The second kappa shape index (κ2) is 6.77. The van der Waals surface area contributed by atoms with E-state index >= 15 is 0 Å². The number of thiazole rings is 1. The Kier molecular flexibility index (Phi) is 4.74. The van der Waals surface area contributed by atoms with E-state index in [2.05, 4.69) is 4.98 Å². The molecular weight excluding hydrogens is 336 g/mol. The maximum Gasteiger partial charge on any atom is 0.305 e. The van der Waals surface area contributed by atoms with Gasteiger partial charge in [0.05, 0.1) is 17.4 Å². The molecule has 6 nitrogen and oxygen atoms in total. The molecule has 2 unspecified atom stereocenters. The molecule has 3 rings (SSSR count). The first kappa shape index (κ1) is 16.1. The topological polar surface area (TPSA) is 79.7 Å². The molecule has 0 aromatic carbocycles. The van der Waals surface area contributed by atoms with Crippen molar-refractivity contribution < 1.29 is 19.4 Å². The summed E-state index contributed by atoms with van der Waals surface area (Å²) in [5, 5.41) is 13.5. The molecule has 1 aliphatic heterocycles. The number of carbonyl (C=O) groups excluding carboxylic acids is 1. The number of carboxylic acid groups (broad SMARTS) is 1. The number of ether oxygens (including phenoxy) is 1. The van der Waals surface area contributed by atoms with E-state index in [1.807, 2.05) is 17.5 Å². The second-order valence-electron chi connectivity index (χ2n) is 5.32. The van der Waals surface area contributed by atoms with E-state index in [0.29, 0.717) is 18.7 Å². The quantitative estimate of drug-likeness (QED) is 0.895. The molecule has 23 heavy (non-hydrogen) atoms. The van der Waals surface area contributed by atoms with E-state index in [1.165, 1.54) is 11.3 Å². The summed E-state index contributed by atoms with van der Waals surface area (Å²) in [4.78, 5) is 30.7. The van der Waals surface area contributed by atoms with Crippen molar-refractivity contribution in [2.75, 3.05) is 13.7 Å². The van der Waals surface area contributed by atoms with Gasteiger partial charge >= 0.3 is 5.97 Å². The summed E-state index contributed by atoms with van der Waals surface area (Å²) >= 11 is 2.99. The molecule has 1 fully saturated rings. The first-order valence-corrected chi connectivity index (χ1v) is 8.89. The van der Waals surface area contributed by atoms with Crippen molar-refractivity contribution in [2.45, 2.75) is 25.0 Å². The van der Waals surface area contributed by atoms with Gasteiger partial charge in [0.2, 0.25) is 0 Å². The summed E-state index contributed by atoms with van der Waals surface area (Å²) in [7, 11) is 1.58. The molecular formula is C15H16N2O4S2. The molecule has 1 N–H and O–H groups in total. The van der Waals surface area contributed by atoms with Gasteiger partial charge in [0.25, 0.3) is 5.91 Å². The van der Waals surface area contributed by atoms with E-state index < -0.39 is 5.97 Å². The van der Waals surface area contributed by atoms with Gasteiger partial charge in [-0.25, -0.2) is 4.98 Å². The number of nitrogens with zero attached hydrogens (tertiary/aromatic N) is 2. The first-order valence-electron chi connectivity index (χ1n) is 7.13. The van der Waals surface area contributed by atoms with Crippen LogP contribution in [-0.4, -0.2) is 52.7 Å². The molecule has 1 amide bonds. The third kappa shape index (κ3) is 3.44. The molecule has 8 heteroatoms. The molecule has 2 aromatic rings.